The number of ketones is 1. The average Bonchev–Trinajstić information content (AvgIpc) is 3.10. The quantitative estimate of drug-likeness (QED) is 0.281. The monoisotopic (exact) mass is 396 g/mol. The Morgan fingerprint density at radius 3 is 2.63 bits per heavy atom. The van der Waals surface area contributed by atoms with Crippen molar-refractivity contribution >= 4 is 24.0 Å². The number of nitrogens with one attached hydrogen (secondary N) is 1. The maximum atomic E-state index is 13.2. The van der Waals surface area contributed by atoms with E-state index in [2.05, 4.69) is 36.3 Å². The summed E-state index contributed by atoms with van der Waals surface area (Å²) in [5.74, 6) is 0.523. The minimum Gasteiger partial charge on any atom is -0.408 e. The third-order valence-electron chi connectivity index (χ3n) is 4.78. The molecule has 27 heavy (non-hydrogen) atoms. The highest BCUT2D eigenvalue weighted by molar-refractivity contribution is 7.99. The van der Waals surface area contributed by atoms with Crippen LogP contribution in [0.4, 0.5) is 0 Å². The molecule has 0 bridgehead atoms. The summed E-state index contributed by atoms with van der Waals surface area (Å²) in [6, 6.07) is -0.457. The normalized spacial score (nSPS) is 16.9. The molecule has 1 aromatic rings. The van der Waals surface area contributed by atoms with Crippen LogP contribution >= 0.6 is 11.8 Å². The number of amides is 1. The Kier molecular flexibility index (Phi) is 8.28. The van der Waals surface area contributed by atoms with Gasteiger partial charge >= 0.3 is 0 Å². The molecule has 1 saturated carbocycles. The molecular formula is C19H32N4O3S. The molecule has 0 spiro atoms. The highest BCUT2D eigenvalue weighted by Crippen LogP contribution is 2.30. The number of nitrogens with zero attached hydrogens (tertiary/aromatic N) is 3. The van der Waals surface area contributed by atoms with E-state index in [1.54, 1.807) is 4.90 Å². The van der Waals surface area contributed by atoms with Crippen LogP contribution in [-0.2, 0) is 4.79 Å². The topological polar surface area (TPSA) is 88.3 Å². The molecule has 152 valence electrons. The van der Waals surface area contributed by atoms with Crippen molar-refractivity contribution in [2.24, 2.45) is 5.41 Å². The fourth-order valence-corrected chi connectivity index (χ4v) is 4.17. The highest BCUT2D eigenvalue weighted by Gasteiger charge is 2.37. The van der Waals surface area contributed by atoms with Gasteiger partial charge in [-0.25, -0.2) is 0 Å². The van der Waals surface area contributed by atoms with Crippen LogP contribution in [0.3, 0.4) is 0 Å². The van der Waals surface area contributed by atoms with E-state index in [9.17, 15) is 9.59 Å². The summed E-state index contributed by atoms with van der Waals surface area (Å²) in [5.41, 5.74) is -0.110. The molecule has 0 aromatic carbocycles. The van der Waals surface area contributed by atoms with E-state index >= 15 is 0 Å². The SMILES string of the molecule is CNCCSc1nnc(C(=O)C(CC(C)(C)C)N(C=O)C2CCCCC2)o1. The first kappa shape index (κ1) is 21.9. The van der Waals surface area contributed by atoms with Crippen LogP contribution in [0.2, 0.25) is 0 Å². The van der Waals surface area contributed by atoms with Gasteiger partial charge in [0.1, 0.15) is 6.04 Å². The van der Waals surface area contributed by atoms with E-state index < -0.39 is 6.04 Å². The van der Waals surface area contributed by atoms with Crippen molar-refractivity contribution in [3.8, 4) is 0 Å². The Hall–Kier alpha value is -1.41. The Labute approximate surface area is 166 Å². The first-order valence-electron chi connectivity index (χ1n) is 9.73. The summed E-state index contributed by atoms with van der Waals surface area (Å²) < 4.78 is 5.59. The molecule has 1 aliphatic carbocycles. The minimum atomic E-state index is -0.568. The molecule has 0 saturated heterocycles. The molecule has 1 unspecified atom stereocenters. The van der Waals surface area contributed by atoms with Gasteiger partial charge in [-0.1, -0.05) is 51.8 Å². The summed E-state index contributed by atoms with van der Waals surface area (Å²) in [4.78, 5) is 26.8. The molecule has 0 aliphatic heterocycles. The molecule has 7 nitrogen and oxygen atoms in total. The molecule has 1 fully saturated rings. The van der Waals surface area contributed by atoms with Crippen LogP contribution in [0.5, 0.6) is 0 Å². The summed E-state index contributed by atoms with van der Waals surface area (Å²) in [5, 5.41) is 11.4. The molecule has 1 N–H and O–H groups in total. The van der Waals surface area contributed by atoms with Gasteiger partial charge in [0.15, 0.2) is 0 Å². The van der Waals surface area contributed by atoms with Crippen LogP contribution in [0, 0.1) is 5.41 Å². The third kappa shape index (κ3) is 6.60. The number of hydrogen-bond donors (Lipinski definition) is 1. The smallest absolute Gasteiger partial charge is 0.286 e. The predicted molar refractivity (Wildman–Crippen MR) is 106 cm³/mol. The number of aromatic nitrogens is 2. The summed E-state index contributed by atoms with van der Waals surface area (Å²) in [7, 11) is 1.87. The lowest BCUT2D eigenvalue weighted by molar-refractivity contribution is -0.123. The van der Waals surface area contributed by atoms with Gasteiger partial charge in [-0.05, 0) is 31.7 Å². The summed E-state index contributed by atoms with van der Waals surface area (Å²) in [6.45, 7) is 7.03. The molecule has 8 heteroatoms. The molecule has 1 amide bonds. The predicted octanol–water partition coefficient (Wildman–Crippen LogP) is 3.16. The van der Waals surface area contributed by atoms with Crippen LogP contribution in [-0.4, -0.2) is 58.7 Å². The Balaban J connectivity index is 2.18. The zero-order chi connectivity index (χ0) is 19.9. The molecule has 1 aromatic heterocycles. The van der Waals surface area contributed by atoms with Gasteiger partial charge < -0.3 is 14.6 Å². The zero-order valence-electron chi connectivity index (χ0n) is 16.9. The second kappa shape index (κ2) is 10.2. The third-order valence-corrected chi connectivity index (χ3v) is 5.60. The molecule has 2 rings (SSSR count). The summed E-state index contributed by atoms with van der Waals surface area (Å²) in [6.07, 6.45) is 6.67. The number of Topliss-reactive ketones (excluding diaryl/α,β-unsaturated/α-hetero) is 1. The van der Waals surface area contributed by atoms with Crippen molar-refractivity contribution in [2.75, 3.05) is 19.3 Å². The fraction of sp³-hybridized carbons (Fsp3) is 0.789. The zero-order valence-corrected chi connectivity index (χ0v) is 17.7. The van der Waals surface area contributed by atoms with E-state index in [0.717, 1.165) is 44.4 Å². The van der Waals surface area contributed by atoms with Crippen LogP contribution in [0.25, 0.3) is 0 Å². The lowest BCUT2D eigenvalue weighted by atomic mass is 9.84. The molecule has 1 atom stereocenters. The standard InChI is InChI=1S/C19H32N4O3S/c1-19(2,3)12-15(23(13-24)14-8-6-5-7-9-14)16(25)17-21-22-18(26-17)27-11-10-20-4/h13-15,20H,5-12H2,1-4H3. The maximum Gasteiger partial charge on any atom is 0.286 e. The summed E-state index contributed by atoms with van der Waals surface area (Å²) >= 11 is 1.41. The van der Waals surface area contributed by atoms with Gasteiger partial charge in [0, 0.05) is 18.3 Å². The maximum absolute atomic E-state index is 13.2. The molecule has 1 heterocycles. The van der Waals surface area contributed by atoms with Crippen molar-refractivity contribution in [1.82, 2.24) is 20.4 Å². The lowest BCUT2D eigenvalue weighted by Gasteiger charge is -2.38. The fourth-order valence-electron chi connectivity index (χ4n) is 3.46. The number of carbonyl (C=O) groups is 2. The van der Waals surface area contributed by atoms with Crippen LogP contribution in [0.15, 0.2) is 9.64 Å². The van der Waals surface area contributed by atoms with Crippen molar-refractivity contribution in [3.63, 3.8) is 0 Å². The Morgan fingerprint density at radius 2 is 2.04 bits per heavy atom. The van der Waals surface area contributed by atoms with Gasteiger partial charge in [0.25, 0.3) is 11.1 Å². The first-order chi connectivity index (χ1) is 12.9. The largest absolute Gasteiger partial charge is 0.408 e. The second-order valence-electron chi connectivity index (χ2n) is 8.31. The van der Waals surface area contributed by atoms with E-state index in [1.807, 2.05) is 7.05 Å². The second-order valence-corrected chi connectivity index (χ2v) is 9.36. The van der Waals surface area contributed by atoms with Crippen LogP contribution in [0.1, 0.15) is 70.0 Å². The van der Waals surface area contributed by atoms with Gasteiger partial charge in [-0.2, -0.15) is 0 Å². The minimum absolute atomic E-state index is 0.00105. The van der Waals surface area contributed by atoms with E-state index in [-0.39, 0.29) is 23.1 Å². The number of hydrogen-bond acceptors (Lipinski definition) is 7. The van der Waals surface area contributed by atoms with E-state index in [4.69, 9.17) is 4.42 Å². The van der Waals surface area contributed by atoms with Crippen molar-refractivity contribution < 1.29 is 14.0 Å². The van der Waals surface area contributed by atoms with E-state index in [1.165, 1.54) is 18.2 Å². The lowest BCUT2D eigenvalue weighted by Crippen LogP contribution is -2.49. The molecule has 1 aliphatic rings. The molecular weight excluding hydrogens is 364 g/mol. The van der Waals surface area contributed by atoms with Crippen molar-refractivity contribution in [1.29, 1.82) is 0 Å². The number of rotatable bonds is 10. The Bertz CT molecular complexity index is 608. The van der Waals surface area contributed by atoms with Crippen molar-refractivity contribution in [2.45, 2.75) is 76.6 Å². The Morgan fingerprint density at radius 1 is 1.33 bits per heavy atom. The number of carbonyl (C=O) groups excluding carboxylic acids is 2. The van der Waals surface area contributed by atoms with Gasteiger partial charge in [0.05, 0.1) is 0 Å². The van der Waals surface area contributed by atoms with Gasteiger partial charge in [0.2, 0.25) is 12.2 Å². The van der Waals surface area contributed by atoms with Crippen LogP contribution < -0.4 is 5.32 Å². The van der Waals surface area contributed by atoms with E-state index in [0.29, 0.717) is 11.6 Å². The van der Waals surface area contributed by atoms with Gasteiger partial charge in [-0.3, -0.25) is 9.59 Å². The molecule has 0 radical (unpaired) electrons. The van der Waals surface area contributed by atoms with Gasteiger partial charge in [-0.15, -0.1) is 10.2 Å². The number of thioether (sulfide) groups is 1. The first-order valence-corrected chi connectivity index (χ1v) is 10.7. The average molecular weight is 397 g/mol. The highest BCUT2D eigenvalue weighted by atomic mass is 32.2. The van der Waals surface area contributed by atoms with Crippen molar-refractivity contribution in [3.05, 3.63) is 5.89 Å².